The number of ether oxygens (including phenoxy) is 4. The number of hydrogen-bond acceptors (Lipinski definition) is 9. The molecule has 0 aromatic heterocycles. The fraction of sp³-hybridized carbons (Fsp3) is 0.486. The Balaban J connectivity index is 0.000000270. The minimum atomic E-state index is -4.79. The van der Waals surface area contributed by atoms with E-state index >= 15 is 0 Å². The normalized spacial score (nSPS) is 17.9. The Labute approximate surface area is 298 Å². The van der Waals surface area contributed by atoms with Crippen LogP contribution in [0.2, 0.25) is 0 Å². The second-order valence-electron chi connectivity index (χ2n) is 12.3. The highest BCUT2D eigenvalue weighted by atomic mass is 19.4. The standard InChI is InChI=1S/C13H18O4.C12H15F3O3.C12H13F3O2/c1-9(15)13(2,16)12-5-4-11(17-3)8-10(12)6-7-14;1-11(17,12(13,14)15)10-4-3-9(18-2)7-8(10)5-6-16;1-11(12(13,14)15)10-4-3-9(16-2)7-8(10)5-6-17-11/h4-5,8,14,16H,6-7H2,1-3H3;3-4,7,16-17H,5-6H2,1-2H3;3-4,7H,5-6H2,1-2H3. The van der Waals surface area contributed by atoms with Crippen molar-refractivity contribution >= 4 is 5.78 Å². The van der Waals surface area contributed by atoms with Crippen LogP contribution in [0.3, 0.4) is 0 Å². The third-order valence-corrected chi connectivity index (χ3v) is 8.80. The van der Waals surface area contributed by atoms with Gasteiger partial charge in [-0.1, -0.05) is 18.2 Å². The van der Waals surface area contributed by atoms with E-state index in [4.69, 9.17) is 29.2 Å². The Morgan fingerprint density at radius 2 is 1.21 bits per heavy atom. The third-order valence-electron chi connectivity index (χ3n) is 8.80. The maximum Gasteiger partial charge on any atom is 0.421 e. The molecule has 0 radical (unpaired) electrons. The van der Waals surface area contributed by atoms with E-state index in [0.717, 1.165) is 13.0 Å². The van der Waals surface area contributed by atoms with Crippen molar-refractivity contribution in [1.82, 2.24) is 0 Å². The molecule has 0 saturated carbocycles. The number of ketones is 1. The molecule has 52 heavy (non-hydrogen) atoms. The van der Waals surface area contributed by atoms with Crippen molar-refractivity contribution in [2.24, 2.45) is 0 Å². The lowest BCUT2D eigenvalue weighted by atomic mass is 9.87. The first kappa shape index (κ1) is 44.3. The summed E-state index contributed by atoms with van der Waals surface area (Å²) in [6.45, 7) is 4.26. The van der Waals surface area contributed by atoms with E-state index < -0.39 is 29.2 Å². The molecular weight excluding hydrogens is 702 g/mol. The molecule has 3 atom stereocenters. The summed E-state index contributed by atoms with van der Waals surface area (Å²) in [6.07, 6.45) is -8.35. The minimum Gasteiger partial charge on any atom is -0.497 e. The number of Topliss-reactive ketones (excluding diaryl/α,β-unsaturated/α-hetero) is 1. The zero-order chi connectivity index (χ0) is 39.7. The Morgan fingerprint density at radius 1 is 0.769 bits per heavy atom. The van der Waals surface area contributed by atoms with Crippen molar-refractivity contribution in [2.75, 3.05) is 41.2 Å². The van der Waals surface area contributed by atoms with Gasteiger partial charge in [0.1, 0.15) is 22.8 Å². The molecule has 0 aliphatic carbocycles. The smallest absolute Gasteiger partial charge is 0.421 e. The summed E-state index contributed by atoms with van der Waals surface area (Å²) in [4.78, 5) is 11.4. The van der Waals surface area contributed by atoms with E-state index in [9.17, 15) is 41.4 Å². The largest absolute Gasteiger partial charge is 0.497 e. The van der Waals surface area contributed by atoms with Crippen LogP contribution >= 0.6 is 0 Å². The van der Waals surface area contributed by atoms with Crippen molar-refractivity contribution in [3.8, 4) is 17.2 Å². The van der Waals surface area contributed by atoms with Crippen molar-refractivity contribution < 1.29 is 70.5 Å². The molecular formula is C37H46F6O9. The monoisotopic (exact) mass is 748 g/mol. The number of halogens is 6. The van der Waals surface area contributed by atoms with Gasteiger partial charge in [0.05, 0.1) is 27.9 Å². The SMILES string of the molecule is COc1ccc(C(C)(O)C(C)=O)c(CCO)c1.COc1ccc(C(C)(O)C(F)(F)F)c(CCO)c1.COc1ccc2c(c1)CCOC2(C)C(F)(F)F. The zero-order valence-electron chi connectivity index (χ0n) is 30.0. The van der Waals surface area contributed by atoms with Gasteiger partial charge in [0, 0.05) is 13.2 Å². The Hall–Kier alpha value is -3.89. The van der Waals surface area contributed by atoms with Crippen molar-refractivity contribution in [3.05, 3.63) is 88.0 Å². The quantitative estimate of drug-likeness (QED) is 0.182. The van der Waals surface area contributed by atoms with Crippen LogP contribution in [0, 0.1) is 0 Å². The first-order valence-corrected chi connectivity index (χ1v) is 16.0. The molecule has 0 fully saturated rings. The van der Waals surface area contributed by atoms with Crippen molar-refractivity contribution in [2.45, 2.75) is 76.1 Å². The first-order valence-electron chi connectivity index (χ1n) is 16.0. The fourth-order valence-corrected chi connectivity index (χ4v) is 5.39. The van der Waals surface area contributed by atoms with Gasteiger partial charge in [-0.05, 0) is 117 Å². The summed E-state index contributed by atoms with van der Waals surface area (Å²) in [7, 11) is 4.42. The third kappa shape index (κ3) is 10.2. The number of benzene rings is 3. The molecule has 0 spiro atoms. The number of carbonyl (C=O) groups excluding carboxylic acids is 1. The molecule has 0 saturated heterocycles. The Morgan fingerprint density at radius 3 is 1.63 bits per heavy atom. The van der Waals surface area contributed by atoms with E-state index in [1.807, 2.05) is 0 Å². The minimum absolute atomic E-state index is 0.0127. The van der Waals surface area contributed by atoms with Crippen LogP contribution in [0.1, 0.15) is 61.1 Å². The highest BCUT2D eigenvalue weighted by Crippen LogP contribution is 2.46. The number of alkyl halides is 6. The number of carbonyl (C=O) groups is 1. The second-order valence-corrected chi connectivity index (χ2v) is 12.3. The van der Waals surface area contributed by atoms with Gasteiger partial charge in [-0.2, -0.15) is 26.3 Å². The summed E-state index contributed by atoms with van der Waals surface area (Å²) < 4.78 is 97.4. The van der Waals surface area contributed by atoms with Gasteiger partial charge in [0.2, 0.25) is 0 Å². The van der Waals surface area contributed by atoms with Gasteiger partial charge in [-0.25, -0.2) is 0 Å². The average Bonchev–Trinajstić information content (AvgIpc) is 3.07. The van der Waals surface area contributed by atoms with Gasteiger partial charge in [0.25, 0.3) is 0 Å². The number of hydrogen-bond donors (Lipinski definition) is 4. The van der Waals surface area contributed by atoms with Crippen LogP contribution in [-0.2, 0) is 45.6 Å². The lowest BCUT2D eigenvalue weighted by molar-refractivity contribution is -0.281. The maximum absolute atomic E-state index is 13.0. The highest BCUT2D eigenvalue weighted by molar-refractivity contribution is 5.86. The highest BCUT2D eigenvalue weighted by Gasteiger charge is 2.56. The van der Waals surface area contributed by atoms with Crippen LogP contribution in [0.15, 0.2) is 54.6 Å². The molecule has 0 amide bonds. The van der Waals surface area contributed by atoms with Gasteiger partial charge >= 0.3 is 12.4 Å². The molecule has 3 aromatic carbocycles. The molecule has 3 unspecified atom stereocenters. The van der Waals surface area contributed by atoms with E-state index in [1.165, 1.54) is 52.3 Å². The van der Waals surface area contributed by atoms with Gasteiger partial charge in [0.15, 0.2) is 17.0 Å². The summed E-state index contributed by atoms with van der Waals surface area (Å²) in [5, 5.41) is 37.7. The Bertz CT molecular complexity index is 1640. The summed E-state index contributed by atoms with van der Waals surface area (Å²) in [5.41, 5.74) is -4.73. The summed E-state index contributed by atoms with van der Waals surface area (Å²) in [6, 6.07) is 13.6. The molecule has 3 aromatic rings. The first-order chi connectivity index (χ1) is 24.0. The fourth-order valence-electron chi connectivity index (χ4n) is 5.39. The molecule has 15 heteroatoms. The number of methoxy groups -OCH3 is 3. The predicted octanol–water partition coefficient (Wildman–Crippen LogP) is 6.07. The van der Waals surface area contributed by atoms with Gasteiger partial charge < -0.3 is 39.4 Å². The molecule has 1 heterocycles. The van der Waals surface area contributed by atoms with Crippen molar-refractivity contribution in [3.63, 3.8) is 0 Å². The Kier molecular flexibility index (Phi) is 15.1. The average molecular weight is 749 g/mol. The van der Waals surface area contributed by atoms with E-state index in [0.29, 0.717) is 53.7 Å². The second kappa shape index (κ2) is 17.8. The zero-order valence-corrected chi connectivity index (χ0v) is 30.0. The van der Waals surface area contributed by atoms with Gasteiger partial charge in [-0.15, -0.1) is 0 Å². The predicted molar refractivity (Wildman–Crippen MR) is 180 cm³/mol. The van der Waals surface area contributed by atoms with Crippen LogP contribution in [0.5, 0.6) is 17.2 Å². The van der Waals surface area contributed by atoms with Crippen LogP contribution in [0.4, 0.5) is 26.3 Å². The molecule has 1 aliphatic heterocycles. The van der Waals surface area contributed by atoms with E-state index in [1.54, 1.807) is 31.4 Å². The molecule has 9 nitrogen and oxygen atoms in total. The molecule has 290 valence electrons. The summed E-state index contributed by atoms with van der Waals surface area (Å²) >= 11 is 0. The van der Waals surface area contributed by atoms with Crippen LogP contribution in [0.25, 0.3) is 0 Å². The lowest BCUT2D eigenvalue weighted by Gasteiger charge is -2.37. The van der Waals surface area contributed by atoms with E-state index in [2.05, 4.69) is 0 Å². The molecule has 1 aliphatic rings. The van der Waals surface area contributed by atoms with Crippen molar-refractivity contribution in [1.29, 1.82) is 0 Å². The number of aliphatic hydroxyl groups is 4. The lowest BCUT2D eigenvalue weighted by Crippen LogP contribution is -2.45. The van der Waals surface area contributed by atoms with Crippen LogP contribution in [-0.4, -0.2) is 79.7 Å². The van der Waals surface area contributed by atoms with Gasteiger partial charge in [-0.3, -0.25) is 4.79 Å². The number of aliphatic hydroxyl groups excluding tert-OH is 2. The maximum atomic E-state index is 13.0. The van der Waals surface area contributed by atoms with E-state index in [-0.39, 0.29) is 48.7 Å². The molecule has 4 N–H and O–H groups in total. The number of rotatable bonds is 10. The molecule has 0 bridgehead atoms. The topological polar surface area (TPSA) is 135 Å². The summed E-state index contributed by atoms with van der Waals surface area (Å²) in [5.74, 6) is 1.24. The van der Waals surface area contributed by atoms with Crippen LogP contribution < -0.4 is 14.2 Å². The number of fused-ring (bicyclic) bond motifs is 1. The molecule has 4 rings (SSSR count).